The molecule has 0 radical (unpaired) electrons. The fourth-order valence-corrected chi connectivity index (χ4v) is 5.22. The van der Waals surface area contributed by atoms with E-state index in [1.165, 1.54) is 18.0 Å². The third kappa shape index (κ3) is 3.71. The van der Waals surface area contributed by atoms with Crippen molar-refractivity contribution in [3.8, 4) is 0 Å². The van der Waals surface area contributed by atoms with Crippen molar-refractivity contribution in [3.05, 3.63) is 77.4 Å². The van der Waals surface area contributed by atoms with Gasteiger partial charge in [-0.1, -0.05) is 18.2 Å². The van der Waals surface area contributed by atoms with Crippen LogP contribution >= 0.6 is 11.7 Å². The number of aromatic amines is 1. The number of hydrogen-bond donors (Lipinski definition) is 3. The maximum atomic E-state index is 13.7. The number of rotatable bonds is 5. The molecule has 2 amide bonds. The van der Waals surface area contributed by atoms with Gasteiger partial charge in [0.15, 0.2) is 5.76 Å². The highest BCUT2D eigenvalue weighted by Gasteiger charge is 2.38. The minimum absolute atomic E-state index is 0.203. The summed E-state index contributed by atoms with van der Waals surface area (Å²) in [5.41, 5.74) is 6.26. The zero-order valence-corrected chi connectivity index (χ0v) is 19.7. The molecule has 10 heteroatoms. The molecule has 0 saturated carbocycles. The standard InChI is InChI=1S/C25H22N6O3S/c1-26-24(32)22-11-17-16-4-2-3-5-18(16)28-21(17)13-31(22)25(33)23-14(8-9-34-23)12-27-15-6-7-19-20(10-15)30-35-29-19/h2-10,22,27-28H,11-13H2,1H3,(H,26,32). The highest BCUT2D eigenvalue weighted by atomic mass is 32.1. The minimum Gasteiger partial charge on any atom is -0.459 e. The summed E-state index contributed by atoms with van der Waals surface area (Å²) in [5.74, 6) is -0.295. The molecule has 6 rings (SSSR count). The molecule has 35 heavy (non-hydrogen) atoms. The molecule has 3 aromatic heterocycles. The molecule has 9 nitrogen and oxygen atoms in total. The van der Waals surface area contributed by atoms with Gasteiger partial charge in [-0.25, -0.2) is 0 Å². The Kier molecular flexibility index (Phi) is 5.22. The van der Waals surface area contributed by atoms with Crippen molar-refractivity contribution in [2.45, 2.75) is 25.6 Å². The van der Waals surface area contributed by atoms with E-state index in [0.717, 1.165) is 38.9 Å². The Hall–Kier alpha value is -4.18. The maximum absolute atomic E-state index is 13.7. The van der Waals surface area contributed by atoms with Gasteiger partial charge in [-0.05, 0) is 35.9 Å². The van der Waals surface area contributed by atoms with Crippen molar-refractivity contribution in [2.75, 3.05) is 12.4 Å². The van der Waals surface area contributed by atoms with Gasteiger partial charge < -0.3 is 24.9 Å². The molecule has 0 aliphatic carbocycles. The zero-order valence-electron chi connectivity index (χ0n) is 18.9. The van der Waals surface area contributed by atoms with Crippen LogP contribution in [0.2, 0.25) is 0 Å². The third-order valence-electron chi connectivity index (χ3n) is 6.49. The van der Waals surface area contributed by atoms with E-state index in [1.807, 2.05) is 42.5 Å². The molecule has 1 unspecified atom stereocenters. The molecule has 5 aromatic rings. The Bertz CT molecular complexity index is 1570. The lowest BCUT2D eigenvalue weighted by Crippen LogP contribution is -2.52. The number of carbonyl (C=O) groups excluding carboxylic acids is 2. The largest absolute Gasteiger partial charge is 0.459 e. The summed E-state index contributed by atoms with van der Waals surface area (Å²) in [6.45, 7) is 0.679. The number of fused-ring (bicyclic) bond motifs is 4. The van der Waals surface area contributed by atoms with Crippen LogP contribution in [0.15, 0.2) is 59.2 Å². The lowest BCUT2D eigenvalue weighted by molar-refractivity contribution is -0.125. The fourth-order valence-electron chi connectivity index (χ4n) is 4.70. The van der Waals surface area contributed by atoms with Gasteiger partial charge in [0.25, 0.3) is 5.91 Å². The van der Waals surface area contributed by atoms with E-state index >= 15 is 0 Å². The Morgan fingerprint density at radius 2 is 2.03 bits per heavy atom. The van der Waals surface area contributed by atoms with Gasteiger partial charge in [0.2, 0.25) is 5.91 Å². The summed E-state index contributed by atoms with van der Waals surface area (Å²) in [5, 5.41) is 7.12. The second-order valence-electron chi connectivity index (χ2n) is 8.49. The van der Waals surface area contributed by atoms with Gasteiger partial charge in [0.1, 0.15) is 17.1 Å². The summed E-state index contributed by atoms with van der Waals surface area (Å²) in [6.07, 6.45) is 1.94. The number of anilines is 1. The first-order valence-corrected chi connectivity index (χ1v) is 12.0. The van der Waals surface area contributed by atoms with Crippen molar-refractivity contribution in [1.29, 1.82) is 0 Å². The van der Waals surface area contributed by atoms with Gasteiger partial charge in [0, 0.05) is 47.9 Å². The first kappa shape index (κ1) is 21.4. The van der Waals surface area contributed by atoms with Crippen LogP contribution in [-0.4, -0.2) is 43.5 Å². The van der Waals surface area contributed by atoms with Crippen LogP contribution in [0, 0.1) is 0 Å². The zero-order chi connectivity index (χ0) is 23.9. The van der Waals surface area contributed by atoms with Gasteiger partial charge >= 0.3 is 0 Å². The Morgan fingerprint density at radius 1 is 1.17 bits per heavy atom. The smallest absolute Gasteiger partial charge is 0.290 e. The van der Waals surface area contributed by atoms with Crippen LogP contribution in [0.1, 0.15) is 27.4 Å². The Morgan fingerprint density at radius 3 is 2.91 bits per heavy atom. The summed E-state index contributed by atoms with van der Waals surface area (Å²) >= 11 is 1.17. The second-order valence-corrected chi connectivity index (χ2v) is 9.02. The number of amides is 2. The predicted octanol–water partition coefficient (Wildman–Crippen LogP) is 3.69. The third-order valence-corrected chi connectivity index (χ3v) is 7.05. The molecular weight excluding hydrogens is 464 g/mol. The number of likely N-dealkylation sites (N-methyl/N-ethyl adjacent to an activating group) is 1. The summed E-state index contributed by atoms with van der Waals surface area (Å²) in [6, 6.07) is 14.9. The van der Waals surface area contributed by atoms with Crippen LogP contribution in [-0.2, 0) is 24.3 Å². The van der Waals surface area contributed by atoms with Crippen molar-refractivity contribution in [3.63, 3.8) is 0 Å². The molecular formula is C25H22N6O3S. The van der Waals surface area contributed by atoms with Gasteiger partial charge in [-0.15, -0.1) is 0 Å². The number of benzene rings is 2. The van der Waals surface area contributed by atoms with Crippen LogP contribution < -0.4 is 10.6 Å². The van der Waals surface area contributed by atoms with Crippen molar-refractivity contribution < 1.29 is 14.0 Å². The van der Waals surface area contributed by atoms with E-state index in [1.54, 1.807) is 18.0 Å². The highest BCUT2D eigenvalue weighted by Crippen LogP contribution is 2.32. The van der Waals surface area contributed by atoms with Crippen molar-refractivity contribution in [1.82, 2.24) is 23.9 Å². The van der Waals surface area contributed by atoms with Gasteiger partial charge in [-0.2, -0.15) is 8.75 Å². The van der Waals surface area contributed by atoms with Gasteiger partial charge in [-0.3, -0.25) is 9.59 Å². The number of furan rings is 1. The SMILES string of the molecule is CNC(=O)C1Cc2c([nH]c3ccccc23)CN1C(=O)c1occc1CNc1ccc2nsnc2c1. The van der Waals surface area contributed by atoms with E-state index in [2.05, 4.69) is 24.4 Å². The first-order valence-electron chi connectivity index (χ1n) is 11.3. The molecule has 1 atom stereocenters. The number of nitrogens with one attached hydrogen (secondary N) is 3. The normalized spacial score (nSPS) is 15.3. The molecule has 1 aliphatic rings. The average Bonchev–Trinajstić information content (AvgIpc) is 3.63. The molecule has 176 valence electrons. The molecule has 0 fully saturated rings. The lowest BCUT2D eigenvalue weighted by atomic mass is 9.95. The van der Waals surface area contributed by atoms with E-state index in [-0.39, 0.29) is 17.6 Å². The topological polar surface area (TPSA) is 116 Å². The molecule has 0 saturated heterocycles. The molecule has 1 aliphatic heterocycles. The van der Waals surface area contributed by atoms with Gasteiger partial charge in [0.05, 0.1) is 24.5 Å². The summed E-state index contributed by atoms with van der Waals surface area (Å²) in [7, 11) is 1.59. The monoisotopic (exact) mass is 486 g/mol. The highest BCUT2D eigenvalue weighted by molar-refractivity contribution is 7.00. The van der Waals surface area contributed by atoms with Crippen LogP contribution in [0.5, 0.6) is 0 Å². The molecule has 0 spiro atoms. The van der Waals surface area contributed by atoms with Crippen LogP contribution in [0.25, 0.3) is 21.9 Å². The Labute approximate surface area is 204 Å². The predicted molar refractivity (Wildman–Crippen MR) is 133 cm³/mol. The first-order chi connectivity index (χ1) is 17.1. The van der Waals surface area contributed by atoms with Crippen LogP contribution in [0.3, 0.4) is 0 Å². The molecule has 4 heterocycles. The number of nitrogens with zero attached hydrogens (tertiary/aromatic N) is 3. The number of H-pyrrole nitrogens is 1. The molecule has 0 bridgehead atoms. The quantitative estimate of drug-likeness (QED) is 0.349. The minimum atomic E-state index is -0.635. The lowest BCUT2D eigenvalue weighted by Gasteiger charge is -2.34. The maximum Gasteiger partial charge on any atom is 0.290 e. The molecule has 2 aromatic carbocycles. The van der Waals surface area contributed by atoms with Crippen LogP contribution in [0.4, 0.5) is 5.69 Å². The summed E-state index contributed by atoms with van der Waals surface area (Å²) < 4.78 is 14.1. The Balaban J connectivity index is 1.28. The summed E-state index contributed by atoms with van der Waals surface area (Å²) in [4.78, 5) is 31.5. The molecule has 3 N–H and O–H groups in total. The van der Waals surface area contributed by atoms with Crippen molar-refractivity contribution >= 4 is 51.2 Å². The number of aromatic nitrogens is 3. The average molecular weight is 487 g/mol. The fraction of sp³-hybridized carbons (Fsp3) is 0.200. The van der Waals surface area contributed by atoms with Crippen molar-refractivity contribution in [2.24, 2.45) is 0 Å². The number of para-hydroxylation sites is 1. The van der Waals surface area contributed by atoms with E-state index < -0.39 is 6.04 Å². The van der Waals surface area contributed by atoms with E-state index in [0.29, 0.717) is 25.1 Å². The number of carbonyl (C=O) groups is 2. The van der Waals surface area contributed by atoms with E-state index in [4.69, 9.17) is 4.42 Å². The van der Waals surface area contributed by atoms with E-state index in [9.17, 15) is 9.59 Å². The second kappa shape index (κ2) is 8.55. The number of hydrogen-bond acceptors (Lipinski definition) is 7.